The van der Waals surface area contributed by atoms with Gasteiger partial charge < -0.3 is 5.73 Å². The Balaban J connectivity index is 2.76. The van der Waals surface area contributed by atoms with E-state index in [4.69, 9.17) is 5.73 Å². The summed E-state index contributed by atoms with van der Waals surface area (Å²) in [5.41, 5.74) is 7.51. The van der Waals surface area contributed by atoms with Crippen LogP contribution in [0.25, 0.3) is 5.65 Å². The van der Waals surface area contributed by atoms with Crippen molar-refractivity contribution in [1.29, 1.82) is 0 Å². The molecule has 2 rings (SSSR count). The van der Waals surface area contributed by atoms with E-state index in [9.17, 15) is 0 Å². The molecule has 4 nitrogen and oxygen atoms in total. The lowest BCUT2D eigenvalue weighted by Gasteiger charge is -2.15. The van der Waals surface area contributed by atoms with Gasteiger partial charge in [-0.05, 0) is 32.4 Å². The summed E-state index contributed by atoms with van der Waals surface area (Å²) in [6, 6.07) is 3.98. The van der Waals surface area contributed by atoms with Crippen LogP contribution in [-0.4, -0.2) is 14.6 Å². The molecule has 74 valence electrons. The maximum Gasteiger partial charge on any atom is 0.163 e. The summed E-state index contributed by atoms with van der Waals surface area (Å²) >= 11 is 0. The number of pyridine rings is 1. The third-order valence-electron chi connectivity index (χ3n) is 2.21. The van der Waals surface area contributed by atoms with Gasteiger partial charge in [-0.15, -0.1) is 10.2 Å². The van der Waals surface area contributed by atoms with Crippen LogP contribution in [0.4, 0.5) is 0 Å². The fourth-order valence-electron chi connectivity index (χ4n) is 1.49. The van der Waals surface area contributed by atoms with Crippen molar-refractivity contribution in [2.24, 2.45) is 5.73 Å². The van der Waals surface area contributed by atoms with Gasteiger partial charge in [0.15, 0.2) is 11.5 Å². The van der Waals surface area contributed by atoms with E-state index in [1.165, 1.54) is 0 Å². The topological polar surface area (TPSA) is 56.2 Å². The molecule has 2 N–H and O–H groups in total. The Kier molecular flexibility index (Phi) is 1.82. The lowest BCUT2D eigenvalue weighted by molar-refractivity contribution is 0.508. The van der Waals surface area contributed by atoms with Gasteiger partial charge >= 0.3 is 0 Å². The molecule has 4 heteroatoms. The minimum Gasteiger partial charge on any atom is -0.319 e. The second-order valence-electron chi connectivity index (χ2n) is 4.13. The van der Waals surface area contributed by atoms with Crippen molar-refractivity contribution in [1.82, 2.24) is 14.6 Å². The average molecular weight is 190 g/mol. The van der Waals surface area contributed by atoms with Crippen molar-refractivity contribution in [3.8, 4) is 0 Å². The minimum absolute atomic E-state index is 0.465. The zero-order valence-electron chi connectivity index (χ0n) is 8.65. The van der Waals surface area contributed by atoms with Gasteiger partial charge in [0.2, 0.25) is 0 Å². The largest absolute Gasteiger partial charge is 0.319 e. The zero-order chi connectivity index (χ0) is 10.3. The number of fused-ring (bicyclic) bond motifs is 1. The van der Waals surface area contributed by atoms with Gasteiger partial charge in [0.25, 0.3) is 0 Å². The van der Waals surface area contributed by atoms with Crippen molar-refractivity contribution in [2.75, 3.05) is 0 Å². The van der Waals surface area contributed by atoms with Crippen molar-refractivity contribution < 1.29 is 0 Å². The highest BCUT2D eigenvalue weighted by atomic mass is 15.3. The number of hydrogen-bond donors (Lipinski definition) is 1. The number of aromatic nitrogens is 3. The molecule has 0 saturated carbocycles. The molecule has 0 radical (unpaired) electrons. The summed E-state index contributed by atoms with van der Waals surface area (Å²) in [4.78, 5) is 0. The Hall–Kier alpha value is -1.42. The number of nitrogens with two attached hydrogens (primary N) is 1. The highest BCUT2D eigenvalue weighted by Crippen LogP contribution is 2.17. The Morgan fingerprint density at radius 1 is 1.36 bits per heavy atom. The highest BCUT2D eigenvalue weighted by Gasteiger charge is 2.21. The van der Waals surface area contributed by atoms with E-state index in [0.717, 1.165) is 17.0 Å². The van der Waals surface area contributed by atoms with Crippen LogP contribution in [-0.2, 0) is 5.54 Å². The summed E-state index contributed by atoms with van der Waals surface area (Å²) in [6.07, 6.45) is 1.94. The van der Waals surface area contributed by atoms with Crippen molar-refractivity contribution >= 4 is 5.65 Å². The lowest BCUT2D eigenvalue weighted by atomic mass is 10.1. The maximum atomic E-state index is 5.99. The molecular weight excluding hydrogens is 176 g/mol. The molecule has 0 unspecified atom stereocenters. The van der Waals surface area contributed by atoms with E-state index in [-0.39, 0.29) is 0 Å². The summed E-state index contributed by atoms with van der Waals surface area (Å²) < 4.78 is 1.94. The maximum absolute atomic E-state index is 5.99. The Morgan fingerprint density at radius 3 is 2.71 bits per heavy atom. The standard InChI is InChI=1S/C10H14N4/c1-7-5-4-6-14-8(7)12-13-9(14)10(2,3)11/h4-6H,11H2,1-3H3. The fraction of sp³-hybridized carbons (Fsp3) is 0.400. The molecule has 2 aromatic rings. The first-order valence-corrected chi connectivity index (χ1v) is 4.60. The second kappa shape index (κ2) is 2.78. The monoisotopic (exact) mass is 190 g/mol. The molecule has 2 aromatic heterocycles. The molecule has 14 heavy (non-hydrogen) atoms. The van der Waals surface area contributed by atoms with Gasteiger partial charge in [0.1, 0.15) is 0 Å². The third kappa shape index (κ3) is 1.28. The Morgan fingerprint density at radius 2 is 2.07 bits per heavy atom. The predicted molar refractivity (Wildman–Crippen MR) is 54.9 cm³/mol. The number of rotatable bonds is 1. The van der Waals surface area contributed by atoms with Crippen LogP contribution in [0.2, 0.25) is 0 Å². The highest BCUT2D eigenvalue weighted by molar-refractivity contribution is 5.46. The number of hydrogen-bond acceptors (Lipinski definition) is 3. The Labute approximate surface area is 82.8 Å². The van der Waals surface area contributed by atoms with E-state index in [2.05, 4.69) is 10.2 Å². The SMILES string of the molecule is Cc1cccn2c(C(C)(C)N)nnc12. The van der Waals surface area contributed by atoms with E-state index in [1.807, 2.05) is 43.5 Å². The lowest BCUT2D eigenvalue weighted by Crippen LogP contribution is -2.31. The molecule has 0 fully saturated rings. The second-order valence-corrected chi connectivity index (χ2v) is 4.13. The summed E-state index contributed by atoms with van der Waals surface area (Å²) in [5, 5.41) is 8.23. The molecule has 0 amide bonds. The normalized spacial score (nSPS) is 12.3. The van der Waals surface area contributed by atoms with Gasteiger partial charge in [0, 0.05) is 6.20 Å². The molecule has 0 aromatic carbocycles. The molecule has 0 aliphatic rings. The summed E-state index contributed by atoms with van der Waals surface area (Å²) in [6.45, 7) is 5.86. The minimum atomic E-state index is -0.465. The van der Waals surface area contributed by atoms with E-state index in [1.54, 1.807) is 0 Å². The number of aryl methyl sites for hydroxylation is 1. The van der Waals surface area contributed by atoms with Crippen LogP contribution < -0.4 is 5.73 Å². The van der Waals surface area contributed by atoms with Gasteiger partial charge in [-0.25, -0.2) is 0 Å². The van der Waals surface area contributed by atoms with E-state index < -0.39 is 5.54 Å². The van der Waals surface area contributed by atoms with Crippen LogP contribution in [0, 0.1) is 6.92 Å². The molecule has 0 spiro atoms. The van der Waals surface area contributed by atoms with Crippen LogP contribution in [0.1, 0.15) is 25.2 Å². The molecule has 0 aliphatic heterocycles. The van der Waals surface area contributed by atoms with Gasteiger partial charge in [0.05, 0.1) is 5.54 Å². The Bertz CT molecular complexity index is 464. The van der Waals surface area contributed by atoms with Crippen molar-refractivity contribution in [2.45, 2.75) is 26.3 Å². The quantitative estimate of drug-likeness (QED) is 0.735. The number of nitrogens with zero attached hydrogens (tertiary/aromatic N) is 3. The fourth-order valence-corrected chi connectivity index (χ4v) is 1.49. The van der Waals surface area contributed by atoms with Crippen LogP contribution >= 0.6 is 0 Å². The first kappa shape index (κ1) is 9.15. The van der Waals surface area contributed by atoms with Crippen LogP contribution in [0.15, 0.2) is 18.3 Å². The molecule has 0 atom stereocenters. The van der Waals surface area contributed by atoms with E-state index >= 15 is 0 Å². The molecule has 0 bridgehead atoms. The summed E-state index contributed by atoms with van der Waals surface area (Å²) in [7, 11) is 0. The van der Waals surface area contributed by atoms with Gasteiger partial charge in [-0.1, -0.05) is 6.07 Å². The zero-order valence-corrected chi connectivity index (χ0v) is 8.65. The molecule has 0 aliphatic carbocycles. The molecular formula is C10H14N4. The predicted octanol–water partition coefficient (Wildman–Crippen LogP) is 1.23. The average Bonchev–Trinajstić information content (AvgIpc) is 2.47. The van der Waals surface area contributed by atoms with Gasteiger partial charge in [-0.3, -0.25) is 4.40 Å². The smallest absolute Gasteiger partial charge is 0.163 e. The first-order valence-electron chi connectivity index (χ1n) is 4.60. The molecule has 2 heterocycles. The third-order valence-corrected chi connectivity index (χ3v) is 2.21. The van der Waals surface area contributed by atoms with Crippen LogP contribution in [0.3, 0.4) is 0 Å². The first-order chi connectivity index (χ1) is 6.50. The van der Waals surface area contributed by atoms with Crippen LogP contribution in [0.5, 0.6) is 0 Å². The van der Waals surface area contributed by atoms with Crippen molar-refractivity contribution in [3.05, 3.63) is 29.7 Å². The van der Waals surface area contributed by atoms with Crippen molar-refractivity contribution in [3.63, 3.8) is 0 Å². The van der Waals surface area contributed by atoms with Gasteiger partial charge in [-0.2, -0.15) is 0 Å². The summed E-state index contributed by atoms with van der Waals surface area (Å²) in [5.74, 6) is 0.788. The molecule has 0 saturated heterocycles. The van der Waals surface area contributed by atoms with E-state index in [0.29, 0.717) is 0 Å².